The maximum Gasteiger partial charge on any atom is 0.251 e. The summed E-state index contributed by atoms with van der Waals surface area (Å²) >= 11 is 0. The first kappa shape index (κ1) is 34.2. The summed E-state index contributed by atoms with van der Waals surface area (Å²) < 4.78 is 86.2. The zero-order valence-corrected chi connectivity index (χ0v) is 26.9. The van der Waals surface area contributed by atoms with Crippen LogP contribution in [0.1, 0.15) is 61.1 Å². The average molecular weight is 688 g/mol. The molecule has 1 aromatic heterocycles. The molecule has 14 heteroatoms. The van der Waals surface area contributed by atoms with E-state index in [0.717, 1.165) is 48.2 Å². The Bertz CT molecular complexity index is 1770. The quantitative estimate of drug-likeness (QED) is 0.274. The molecule has 9 nitrogen and oxygen atoms in total. The molecule has 3 N–H and O–H groups in total. The predicted octanol–water partition coefficient (Wildman–Crippen LogP) is 4.16. The standard InChI is InChI=1S/C34H37F4N5O4S/c35-23-5-3-21(4-6-23)32(22-14-24(36)16-25(37)15-22)33(39)34(45)43(31(44)13-20-1-2-20)30-19-41-18-29(38)28(30)10-7-26-17-40-11-12-42(26)48(46,47)27-8-9-27/h3-6,14-16,18-20,26-27,32-33,40H,1-2,7-13,17,39H2/t26-,32-,33-/m0/s1. The number of rotatable bonds is 12. The van der Waals surface area contributed by atoms with E-state index < -0.39 is 68.4 Å². The molecular weight excluding hydrogens is 650 g/mol. The average Bonchev–Trinajstić information content (AvgIpc) is 3.97. The van der Waals surface area contributed by atoms with Crippen molar-refractivity contribution < 1.29 is 35.6 Å². The molecule has 0 radical (unpaired) electrons. The summed E-state index contributed by atoms with van der Waals surface area (Å²) in [6.07, 6.45) is 5.04. The number of halogens is 4. The number of nitrogens with zero attached hydrogens (tertiary/aromatic N) is 3. The molecule has 256 valence electrons. The molecule has 2 saturated carbocycles. The lowest BCUT2D eigenvalue weighted by atomic mass is 9.84. The van der Waals surface area contributed by atoms with Crippen LogP contribution in [0.15, 0.2) is 54.9 Å². The molecule has 3 atom stereocenters. The van der Waals surface area contributed by atoms with E-state index in [4.69, 9.17) is 5.73 Å². The minimum Gasteiger partial charge on any atom is -0.319 e. The number of nitrogens with one attached hydrogen (secondary N) is 1. The number of carbonyl (C=O) groups excluding carboxylic acids is 2. The van der Waals surface area contributed by atoms with Gasteiger partial charge >= 0.3 is 0 Å². The molecule has 2 aliphatic carbocycles. The van der Waals surface area contributed by atoms with Crippen LogP contribution in [0.4, 0.5) is 23.2 Å². The number of hydrogen-bond acceptors (Lipinski definition) is 7. The maximum absolute atomic E-state index is 15.6. The molecule has 3 aliphatic rings. The molecule has 0 spiro atoms. The van der Waals surface area contributed by atoms with Crippen molar-refractivity contribution in [3.8, 4) is 0 Å². The molecule has 2 amide bonds. The second-order valence-corrected chi connectivity index (χ2v) is 15.0. The number of aromatic nitrogens is 1. The van der Waals surface area contributed by atoms with E-state index in [0.29, 0.717) is 32.0 Å². The third-order valence-corrected chi connectivity index (χ3v) is 11.7. The van der Waals surface area contributed by atoms with Crippen molar-refractivity contribution in [2.24, 2.45) is 11.7 Å². The first-order valence-electron chi connectivity index (χ1n) is 16.1. The second kappa shape index (κ2) is 14.0. The Labute approximate surface area is 276 Å². The molecule has 2 aromatic carbocycles. The van der Waals surface area contributed by atoms with E-state index in [1.165, 1.54) is 22.6 Å². The van der Waals surface area contributed by atoms with Gasteiger partial charge in [-0.25, -0.2) is 30.9 Å². The van der Waals surface area contributed by atoms with Gasteiger partial charge in [-0.2, -0.15) is 4.31 Å². The van der Waals surface area contributed by atoms with Gasteiger partial charge in [-0.3, -0.25) is 14.6 Å². The van der Waals surface area contributed by atoms with Crippen LogP contribution in [0.2, 0.25) is 0 Å². The Balaban J connectivity index is 1.36. The van der Waals surface area contributed by atoms with Gasteiger partial charge in [-0.05, 0) is 79.8 Å². The van der Waals surface area contributed by atoms with Crippen LogP contribution in [0, 0.1) is 29.2 Å². The largest absolute Gasteiger partial charge is 0.319 e. The Morgan fingerprint density at radius 1 is 0.958 bits per heavy atom. The van der Waals surface area contributed by atoms with Gasteiger partial charge in [0.15, 0.2) is 0 Å². The fourth-order valence-electron chi connectivity index (χ4n) is 6.44. The highest BCUT2D eigenvalue weighted by Crippen LogP contribution is 2.37. The highest BCUT2D eigenvalue weighted by Gasteiger charge is 2.44. The van der Waals surface area contributed by atoms with Crippen LogP contribution in [0.5, 0.6) is 0 Å². The van der Waals surface area contributed by atoms with Gasteiger partial charge in [-0.1, -0.05) is 12.1 Å². The Hall–Kier alpha value is -3.72. The van der Waals surface area contributed by atoms with Gasteiger partial charge in [0.1, 0.15) is 23.3 Å². The van der Waals surface area contributed by atoms with Gasteiger partial charge in [0, 0.05) is 49.6 Å². The van der Waals surface area contributed by atoms with Crippen molar-refractivity contribution >= 4 is 27.5 Å². The molecule has 2 heterocycles. The number of piperazine rings is 1. The number of hydrogen-bond donors (Lipinski definition) is 2. The number of pyridine rings is 1. The van der Waals surface area contributed by atoms with Crippen LogP contribution in [-0.4, -0.2) is 66.5 Å². The summed E-state index contributed by atoms with van der Waals surface area (Å²) in [6.45, 7) is 1.11. The second-order valence-electron chi connectivity index (χ2n) is 12.8. The van der Waals surface area contributed by atoms with Crippen molar-refractivity contribution in [1.82, 2.24) is 14.6 Å². The zero-order valence-electron chi connectivity index (χ0n) is 26.1. The van der Waals surface area contributed by atoms with Gasteiger partial charge in [-0.15, -0.1) is 0 Å². The van der Waals surface area contributed by atoms with E-state index in [1.54, 1.807) is 0 Å². The fraction of sp³-hybridized carbons (Fsp3) is 0.441. The number of anilines is 1. The molecule has 0 bridgehead atoms. The lowest BCUT2D eigenvalue weighted by Gasteiger charge is -2.35. The van der Waals surface area contributed by atoms with Crippen molar-refractivity contribution in [2.45, 2.75) is 68.2 Å². The molecular formula is C34H37F4N5O4S. The summed E-state index contributed by atoms with van der Waals surface area (Å²) in [5.41, 5.74) is 6.68. The van der Waals surface area contributed by atoms with Crippen LogP contribution < -0.4 is 16.0 Å². The lowest BCUT2D eigenvalue weighted by Crippen LogP contribution is -2.54. The molecule has 48 heavy (non-hydrogen) atoms. The van der Waals surface area contributed by atoms with Crippen LogP contribution in [-0.2, 0) is 26.0 Å². The van der Waals surface area contributed by atoms with Crippen molar-refractivity contribution in [1.29, 1.82) is 0 Å². The predicted molar refractivity (Wildman–Crippen MR) is 170 cm³/mol. The van der Waals surface area contributed by atoms with Crippen LogP contribution in [0.3, 0.4) is 0 Å². The molecule has 3 fully saturated rings. The zero-order chi connectivity index (χ0) is 34.2. The SMILES string of the molecule is N[C@H](C(=O)N(C(=O)CC1CC1)c1cncc(F)c1CC[C@H]1CNCCN1S(=O)(=O)C1CC1)[C@@H](c1ccc(F)cc1)c1cc(F)cc(F)c1. The minimum atomic E-state index is -3.52. The molecule has 1 saturated heterocycles. The number of carbonyl (C=O) groups is 2. The highest BCUT2D eigenvalue weighted by atomic mass is 32.2. The van der Waals surface area contributed by atoms with Crippen molar-refractivity contribution in [3.63, 3.8) is 0 Å². The van der Waals surface area contributed by atoms with Crippen molar-refractivity contribution in [3.05, 3.63) is 94.8 Å². The topological polar surface area (TPSA) is 126 Å². The smallest absolute Gasteiger partial charge is 0.251 e. The van der Waals surface area contributed by atoms with Crippen LogP contribution in [0.25, 0.3) is 0 Å². The molecule has 0 unspecified atom stereocenters. The molecule has 6 rings (SSSR count). The number of nitrogens with two attached hydrogens (primary N) is 1. The molecule has 3 aromatic rings. The third kappa shape index (κ3) is 7.46. The van der Waals surface area contributed by atoms with E-state index in [-0.39, 0.29) is 54.1 Å². The number of benzene rings is 2. The third-order valence-electron chi connectivity index (χ3n) is 9.27. The minimum absolute atomic E-state index is 0.0147. The summed E-state index contributed by atoms with van der Waals surface area (Å²) in [5, 5.41) is 2.78. The lowest BCUT2D eigenvalue weighted by molar-refractivity contribution is -0.127. The summed E-state index contributed by atoms with van der Waals surface area (Å²) in [7, 11) is -3.52. The Kier molecular flexibility index (Phi) is 9.98. The Morgan fingerprint density at radius 3 is 2.29 bits per heavy atom. The van der Waals surface area contributed by atoms with Gasteiger partial charge < -0.3 is 11.1 Å². The van der Waals surface area contributed by atoms with Crippen molar-refractivity contribution in [2.75, 3.05) is 24.5 Å². The van der Waals surface area contributed by atoms with Gasteiger partial charge in [0.05, 0.1) is 29.4 Å². The van der Waals surface area contributed by atoms with E-state index >= 15 is 4.39 Å². The summed E-state index contributed by atoms with van der Waals surface area (Å²) in [6, 6.07) is 5.47. The van der Waals surface area contributed by atoms with Crippen LogP contribution >= 0.6 is 0 Å². The van der Waals surface area contributed by atoms with E-state index in [9.17, 15) is 31.2 Å². The summed E-state index contributed by atoms with van der Waals surface area (Å²) in [4.78, 5) is 33.0. The maximum atomic E-state index is 15.6. The number of amides is 2. The van der Waals surface area contributed by atoms with Gasteiger partial charge in [0.25, 0.3) is 5.91 Å². The highest BCUT2D eigenvalue weighted by molar-refractivity contribution is 7.90. The summed E-state index contributed by atoms with van der Waals surface area (Å²) in [5.74, 6) is -6.04. The first-order valence-corrected chi connectivity index (χ1v) is 17.6. The molecule has 1 aliphatic heterocycles. The number of imide groups is 1. The monoisotopic (exact) mass is 687 g/mol. The van der Waals surface area contributed by atoms with E-state index in [2.05, 4.69) is 10.3 Å². The Morgan fingerprint density at radius 2 is 1.65 bits per heavy atom. The van der Waals surface area contributed by atoms with Gasteiger partial charge in [0.2, 0.25) is 15.9 Å². The first-order chi connectivity index (χ1) is 22.9. The fourth-order valence-corrected chi connectivity index (χ4v) is 8.50. The van der Waals surface area contributed by atoms with E-state index in [1.807, 2.05) is 0 Å². The number of sulfonamides is 1. The normalized spacial score (nSPS) is 19.9.